The van der Waals surface area contributed by atoms with E-state index in [1.807, 2.05) is 19.1 Å². The van der Waals surface area contributed by atoms with Gasteiger partial charge in [0.05, 0.1) is 18.4 Å². The number of imide groups is 1. The maximum absolute atomic E-state index is 12.8. The quantitative estimate of drug-likeness (QED) is 0.296. The Balaban J connectivity index is 2.23. The Morgan fingerprint density at radius 2 is 1.64 bits per heavy atom. The number of rotatable bonds is 7. The number of hydrogen-bond donors (Lipinski definition) is 0. The fourth-order valence-corrected chi connectivity index (χ4v) is 3.06. The summed E-state index contributed by atoms with van der Waals surface area (Å²) in [6.45, 7) is 12.2. The normalized spacial score (nSPS) is 13.1. The molecule has 2 amide bonds. The van der Waals surface area contributed by atoms with Gasteiger partial charge in [-0.1, -0.05) is 19.1 Å². The van der Waals surface area contributed by atoms with Gasteiger partial charge in [0, 0.05) is 18.9 Å². The molecular formula is C26H36N4O6. The number of imidazole rings is 1. The van der Waals surface area contributed by atoms with E-state index >= 15 is 0 Å². The number of carbonyl (C=O) groups excluding carboxylic acids is 3. The zero-order valence-electron chi connectivity index (χ0n) is 22.3. The van der Waals surface area contributed by atoms with Crippen LogP contribution in [0, 0.1) is 5.92 Å². The summed E-state index contributed by atoms with van der Waals surface area (Å²) in [6.07, 6.45) is 5.35. The predicted molar refractivity (Wildman–Crippen MR) is 134 cm³/mol. The maximum atomic E-state index is 12.8. The van der Waals surface area contributed by atoms with Crippen LogP contribution in [0.3, 0.4) is 0 Å². The Morgan fingerprint density at radius 3 is 2.14 bits per heavy atom. The molecule has 1 atom stereocenters. The molecule has 0 radical (unpaired) electrons. The molecule has 0 saturated heterocycles. The van der Waals surface area contributed by atoms with Gasteiger partial charge in [0.2, 0.25) is 0 Å². The van der Waals surface area contributed by atoms with E-state index in [-0.39, 0.29) is 18.0 Å². The van der Waals surface area contributed by atoms with Gasteiger partial charge in [-0.05, 0) is 66.0 Å². The first-order chi connectivity index (χ1) is 16.7. The first-order valence-corrected chi connectivity index (χ1v) is 11.7. The zero-order chi connectivity index (χ0) is 27.1. The van der Waals surface area contributed by atoms with Gasteiger partial charge in [-0.3, -0.25) is 4.57 Å². The van der Waals surface area contributed by atoms with Crippen LogP contribution in [0.25, 0.3) is 11.4 Å². The third kappa shape index (κ3) is 8.83. The van der Waals surface area contributed by atoms with Gasteiger partial charge in [0.15, 0.2) is 0 Å². The van der Waals surface area contributed by atoms with E-state index in [4.69, 9.17) is 14.2 Å². The Morgan fingerprint density at radius 1 is 1.03 bits per heavy atom. The van der Waals surface area contributed by atoms with Crippen LogP contribution in [-0.2, 0) is 19.0 Å². The van der Waals surface area contributed by atoms with Gasteiger partial charge < -0.3 is 14.2 Å². The standard InChI is InChI=1S/C26H36N4O6/c1-18(15-30(23(32)35-25(2,3)4)24(33)36-26(5,6)7)12-13-19(22(31)34-8)20-16-29(17-28-20)21-11-9-10-14-27-21/h9-11,13-14,16-18H,12,15H2,1-8H3/b19-13-/t18-/m1/s1. The lowest BCUT2D eigenvalue weighted by molar-refractivity contribution is -0.133. The monoisotopic (exact) mass is 500 g/mol. The molecule has 10 nitrogen and oxygen atoms in total. The van der Waals surface area contributed by atoms with Crippen molar-refractivity contribution in [2.24, 2.45) is 5.92 Å². The maximum Gasteiger partial charge on any atom is 0.419 e. The molecular weight excluding hydrogens is 464 g/mol. The fraction of sp³-hybridized carbons (Fsp3) is 0.500. The van der Waals surface area contributed by atoms with Gasteiger partial charge in [0.1, 0.15) is 23.3 Å². The highest BCUT2D eigenvalue weighted by Gasteiger charge is 2.32. The van der Waals surface area contributed by atoms with Crippen molar-refractivity contribution in [2.75, 3.05) is 13.7 Å². The van der Waals surface area contributed by atoms with Crippen LogP contribution in [0.1, 0.15) is 60.6 Å². The number of nitrogens with zero attached hydrogens (tertiary/aromatic N) is 4. The first-order valence-electron chi connectivity index (χ1n) is 11.7. The highest BCUT2D eigenvalue weighted by atomic mass is 16.6. The average molecular weight is 501 g/mol. The molecule has 0 aliphatic heterocycles. The van der Waals surface area contributed by atoms with Gasteiger partial charge in [-0.2, -0.15) is 0 Å². The minimum absolute atomic E-state index is 0.0250. The number of esters is 1. The second kappa shape index (κ2) is 11.8. The third-order valence-electron chi connectivity index (χ3n) is 4.62. The number of pyridine rings is 1. The van der Waals surface area contributed by atoms with Crippen LogP contribution in [0.4, 0.5) is 9.59 Å². The van der Waals surface area contributed by atoms with Gasteiger partial charge in [-0.15, -0.1) is 0 Å². The third-order valence-corrected chi connectivity index (χ3v) is 4.62. The molecule has 0 unspecified atom stereocenters. The zero-order valence-corrected chi connectivity index (χ0v) is 22.3. The highest BCUT2D eigenvalue weighted by molar-refractivity contribution is 6.15. The van der Waals surface area contributed by atoms with Crippen molar-refractivity contribution in [1.29, 1.82) is 0 Å². The number of amides is 2. The fourth-order valence-electron chi connectivity index (χ4n) is 3.06. The molecule has 0 fully saturated rings. The van der Waals surface area contributed by atoms with Crippen molar-refractivity contribution < 1.29 is 28.6 Å². The Bertz CT molecular complexity index is 1050. The van der Waals surface area contributed by atoms with E-state index in [0.717, 1.165) is 4.90 Å². The first kappa shape index (κ1) is 28.5. The molecule has 0 aromatic carbocycles. The van der Waals surface area contributed by atoms with Crippen LogP contribution < -0.4 is 0 Å². The van der Waals surface area contributed by atoms with E-state index < -0.39 is 29.4 Å². The van der Waals surface area contributed by atoms with Crippen molar-refractivity contribution in [1.82, 2.24) is 19.4 Å². The summed E-state index contributed by atoms with van der Waals surface area (Å²) in [5.41, 5.74) is -0.897. The number of methoxy groups -OCH3 is 1. The van der Waals surface area contributed by atoms with Crippen LogP contribution in [0.15, 0.2) is 43.0 Å². The lowest BCUT2D eigenvalue weighted by Crippen LogP contribution is -2.45. The average Bonchev–Trinajstić information content (AvgIpc) is 3.25. The van der Waals surface area contributed by atoms with E-state index in [1.54, 1.807) is 77.0 Å². The number of ether oxygens (including phenoxy) is 3. The molecule has 2 aromatic rings. The molecule has 0 aliphatic carbocycles. The summed E-state index contributed by atoms with van der Waals surface area (Å²) >= 11 is 0. The summed E-state index contributed by atoms with van der Waals surface area (Å²) in [7, 11) is 1.29. The summed E-state index contributed by atoms with van der Waals surface area (Å²) in [4.78, 5) is 47.6. The Kier molecular flexibility index (Phi) is 9.38. The summed E-state index contributed by atoms with van der Waals surface area (Å²) in [5.74, 6) is -0.133. The number of allylic oxidation sites excluding steroid dienone is 1. The Hall–Kier alpha value is -3.69. The SMILES string of the molecule is COC(=O)/C(=C\C[C@@H](C)CN(C(=O)OC(C)(C)C)C(=O)OC(C)(C)C)c1cn(-c2ccccn2)cn1. The van der Waals surface area contributed by atoms with Crippen molar-refractivity contribution >= 4 is 23.7 Å². The van der Waals surface area contributed by atoms with E-state index in [9.17, 15) is 14.4 Å². The number of aromatic nitrogens is 3. The number of hydrogen-bond acceptors (Lipinski definition) is 8. The topological polar surface area (TPSA) is 113 Å². The van der Waals surface area contributed by atoms with E-state index in [1.165, 1.54) is 7.11 Å². The molecule has 10 heteroatoms. The van der Waals surface area contributed by atoms with E-state index in [0.29, 0.717) is 17.9 Å². The van der Waals surface area contributed by atoms with Crippen LogP contribution in [-0.4, -0.2) is 62.4 Å². The smallest absolute Gasteiger partial charge is 0.419 e. The molecule has 196 valence electrons. The van der Waals surface area contributed by atoms with Crippen LogP contribution >= 0.6 is 0 Å². The van der Waals surface area contributed by atoms with Crippen molar-refractivity contribution in [3.05, 3.63) is 48.7 Å². The summed E-state index contributed by atoms with van der Waals surface area (Å²) < 4.78 is 17.5. The number of carbonyl (C=O) groups is 3. The molecule has 0 aliphatic rings. The molecule has 0 N–H and O–H groups in total. The minimum Gasteiger partial charge on any atom is -0.465 e. The van der Waals surface area contributed by atoms with Crippen molar-refractivity contribution in [3.63, 3.8) is 0 Å². The largest absolute Gasteiger partial charge is 0.465 e. The molecule has 0 bridgehead atoms. The predicted octanol–water partition coefficient (Wildman–Crippen LogP) is 5.02. The van der Waals surface area contributed by atoms with E-state index in [2.05, 4.69) is 9.97 Å². The molecule has 0 spiro atoms. The summed E-state index contributed by atoms with van der Waals surface area (Å²) in [5, 5.41) is 0. The van der Waals surface area contributed by atoms with Crippen molar-refractivity contribution in [2.45, 2.75) is 66.1 Å². The lowest BCUT2D eigenvalue weighted by atomic mass is 10.0. The minimum atomic E-state index is -0.796. The lowest BCUT2D eigenvalue weighted by Gasteiger charge is -2.29. The second-order valence-corrected chi connectivity index (χ2v) is 10.4. The van der Waals surface area contributed by atoms with Gasteiger partial charge in [0.25, 0.3) is 0 Å². The molecule has 2 heterocycles. The van der Waals surface area contributed by atoms with Gasteiger partial charge in [-0.25, -0.2) is 29.3 Å². The molecule has 2 rings (SSSR count). The highest BCUT2D eigenvalue weighted by Crippen LogP contribution is 2.21. The van der Waals surface area contributed by atoms with Crippen molar-refractivity contribution in [3.8, 4) is 5.82 Å². The molecule has 2 aromatic heterocycles. The summed E-state index contributed by atoms with van der Waals surface area (Å²) in [6, 6.07) is 5.47. The molecule has 0 saturated carbocycles. The second-order valence-electron chi connectivity index (χ2n) is 10.4. The van der Waals surface area contributed by atoms with Gasteiger partial charge >= 0.3 is 18.2 Å². The molecule has 36 heavy (non-hydrogen) atoms. The van der Waals surface area contributed by atoms with Crippen LogP contribution in [0.5, 0.6) is 0 Å². The van der Waals surface area contributed by atoms with Crippen LogP contribution in [0.2, 0.25) is 0 Å². The Labute approximate surface area is 212 Å².